The van der Waals surface area contributed by atoms with Crippen molar-refractivity contribution in [2.45, 2.75) is 0 Å². The minimum atomic E-state index is 0.493. The lowest BCUT2D eigenvalue weighted by Gasteiger charge is -1.85. The molecule has 0 unspecified atom stereocenters. The van der Waals surface area contributed by atoms with E-state index in [1.807, 2.05) is 6.07 Å². The third-order valence-corrected chi connectivity index (χ3v) is 0.883. The highest BCUT2D eigenvalue weighted by Crippen LogP contribution is 2.00. The maximum Gasteiger partial charge on any atom is 0.219 e. The van der Waals surface area contributed by atoms with Crippen molar-refractivity contribution in [3.05, 3.63) is 42.6 Å². The average Bonchev–Trinajstić information content (AvgIpc) is 1.90. The maximum atomic E-state index is 11.5. The Kier molecular flexibility index (Phi) is 1.62. The zero-order valence-corrected chi connectivity index (χ0v) is 4.26. The van der Waals surface area contributed by atoms with E-state index in [1.165, 1.54) is 6.67 Å². The molecular weight excluding hydrogens is 103 g/mol. The van der Waals surface area contributed by atoms with Gasteiger partial charge in [0.25, 0.3) is 0 Å². The molecule has 0 amide bonds. The molecule has 0 atom stereocenters. The van der Waals surface area contributed by atoms with E-state index in [4.69, 9.17) is 0 Å². The van der Waals surface area contributed by atoms with Crippen molar-refractivity contribution in [2.24, 2.45) is 0 Å². The first-order valence-electron chi connectivity index (χ1n) is 2.35. The molecule has 1 aromatic rings. The van der Waals surface area contributed by atoms with Crippen LogP contribution in [0, 0.1) is 6.67 Å². The van der Waals surface area contributed by atoms with Gasteiger partial charge in [-0.25, -0.2) is 4.39 Å². The van der Waals surface area contributed by atoms with E-state index in [0.717, 1.165) is 0 Å². The van der Waals surface area contributed by atoms with Crippen LogP contribution in [0.1, 0.15) is 5.56 Å². The Morgan fingerprint density at radius 1 is 1.12 bits per heavy atom. The molecule has 1 heteroatoms. The molecule has 0 bridgehead atoms. The minimum absolute atomic E-state index is 0.493. The Hall–Kier alpha value is -0.850. The lowest BCUT2D eigenvalue weighted by molar-refractivity contribution is 0.646. The number of rotatable bonds is 1. The fraction of sp³-hybridized carbons (Fsp3) is 0. The van der Waals surface area contributed by atoms with Gasteiger partial charge in [0.15, 0.2) is 0 Å². The molecule has 0 N–H and O–H groups in total. The van der Waals surface area contributed by atoms with E-state index >= 15 is 0 Å². The van der Waals surface area contributed by atoms with Crippen LogP contribution in [-0.2, 0) is 0 Å². The molecule has 0 saturated carbocycles. The summed E-state index contributed by atoms with van der Waals surface area (Å²) in [5, 5.41) is 0. The van der Waals surface area contributed by atoms with E-state index in [1.54, 1.807) is 24.3 Å². The molecular formula is C7H5F. The van der Waals surface area contributed by atoms with Crippen LogP contribution in [-0.4, -0.2) is 0 Å². The number of hydrogen-bond acceptors (Lipinski definition) is 0. The van der Waals surface area contributed by atoms with Crippen molar-refractivity contribution >= 4 is 0 Å². The van der Waals surface area contributed by atoms with Gasteiger partial charge in [0.05, 0.1) is 0 Å². The van der Waals surface area contributed by atoms with Crippen molar-refractivity contribution in [2.75, 3.05) is 0 Å². The number of hydrogen-bond donors (Lipinski definition) is 0. The summed E-state index contributed by atoms with van der Waals surface area (Å²) in [4.78, 5) is 0. The van der Waals surface area contributed by atoms with Gasteiger partial charge in [-0.05, 0) is 5.56 Å². The van der Waals surface area contributed by atoms with Crippen LogP contribution in [0.2, 0.25) is 0 Å². The van der Waals surface area contributed by atoms with Gasteiger partial charge >= 0.3 is 0 Å². The Balaban J connectivity index is 2.83. The highest BCUT2D eigenvalue weighted by molar-refractivity contribution is 5.19. The topological polar surface area (TPSA) is 0 Å². The summed E-state index contributed by atoms with van der Waals surface area (Å²) < 4.78 is 11.5. The van der Waals surface area contributed by atoms with Gasteiger partial charge in [-0.3, -0.25) is 0 Å². The maximum absolute atomic E-state index is 11.5. The molecule has 0 aliphatic heterocycles. The first-order valence-corrected chi connectivity index (χ1v) is 2.35. The smallest absolute Gasteiger partial charge is 0.219 e. The Morgan fingerprint density at radius 2 is 1.75 bits per heavy atom. The van der Waals surface area contributed by atoms with Gasteiger partial charge < -0.3 is 0 Å². The number of benzene rings is 1. The first-order chi connectivity index (χ1) is 3.93. The molecule has 1 rings (SSSR count). The summed E-state index contributed by atoms with van der Waals surface area (Å²) in [6.45, 7) is 1.53. The molecule has 0 aliphatic rings. The summed E-state index contributed by atoms with van der Waals surface area (Å²) >= 11 is 0. The first kappa shape index (κ1) is 5.29. The van der Waals surface area contributed by atoms with Crippen LogP contribution in [0.15, 0.2) is 30.3 Å². The van der Waals surface area contributed by atoms with Crippen LogP contribution in [0.25, 0.3) is 0 Å². The van der Waals surface area contributed by atoms with Gasteiger partial charge in [0.1, 0.15) is 0 Å². The van der Waals surface area contributed by atoms with Gasteiger partial charge in [0.2, 0.25) is 6.67 Å². The van der Waals surface area contributed by atoms with Crippen molar-refractivity contribution < 1.29 is 4.39 Å². The third-order valence-electron chi connectivity index (χ3n) is 0.883. The third kappa shape index (κ3) is 1.06. The van der Waals surface area contributed by atoms with Crippen LogP contribution >= 0.6 is 0 Å². The van der Waals surface area contributed by atoms with E-state index in [-0.39, 0.29) is 0 Å². The van der Waals surface area contributed by atoms with Crippen molar-refractivity contribution in [3.63, 3.8) is 0 Å². The molecule has 0 fully saturated rings. The molecule has 0 saturated heterocycles. The van der Waals surface area contributed by atoms with Crippen LogP contribution in [0.3, 0.4) is 0 Å². The minimum Gasteiger partial charge on any atom is -0.230 e. The fourth-order valence-corrected chi connectivity index (χ4v) is 0.501. The van der Waals surface area contributed by atoms with Gasteiger partial charge in [0, 0.05) is 0 Å². The van der Waals surface area contributed by atoms with Gasteiger partial charge in [-0.2, -0.15) is 0 Å². The van der Waals surface area contributed by atoms with E-state index in [0.29, 0.717) is 5.56 Å². The normalized spacial score (nSPS) is 9.12. The molecule has 8 heavy (non-hydrogen) atoms. The molecule has 0 nitrogen and oxygen atoms in total. The Labute approximate surface area is 48.0 Å². The molecule has 2 radical (unpaired) electrons. The lowest BCUT2D eigenvalue weighted by Crippen LogP contribution is -1.69. The van der Waals surface area contributed by atoms with Crippen LogP contribution in [0.4, 0.5) is 4.39 Å². The molecule has 1 aromatic carbocycles. The molecule has 0 aliphatic carbocycles. The Morgan fingerprint density at radius 3 is 2.12 bits per heavy atom. The van der Waals surface area contributed by atoms with E-state index in [9.17, 15) is 4.39 Å². The van der Waals surface area contributed by atoms with Crippen LogP contribution < -0.4 is 0 Å². The second-order valence-corrected chi connectivity index (χ2v) is 1.46. The van der Waals surface area contributed by atoms with Crippen molar-refractivity contribution in [1.29, 1.82) is 0 Å². The monoisotopic (exact) mass is 108 g/mol. The van der Waals surface area contributed by atoms with E-state index in [2.05, 4.69) is 0 Å². The van der Waals surface area contributed by atoms with Crippen LogP contribution in [0.5, 0.6) is 0 Å². The largest absolute Gasteiger partial charge is 0.230 e. The lowest BCUT2D eigenvalue weighted by atomic mass is 10.2. The number of halogens is 1. The van der Waals surface area contributed by atoms with Crippen molar-refractivity contribution in [3.8, 4) is 0 Å². The predicted molar refractivity (Wildman–Crippen MR) is 29.9 cm³/mol. The Bertz CT molecular complexity index is 146. The van der Waals surface area contributed by atoms with Gasteiger partial charge in [-0.1, -0.05) is 30.3 Å². The highest BCUT2D eigenvalue weighted by atomic mass is 19.1. The highest BCUT2D eigenvalue weighted by Gasteiger charge is 1.85. The molecule has 0 heterocycles. The van der Waals surface area contributed by atoms with E-state index < -0.39 is 0 Å². The fourth-order valence-electron chi connectivity index (χ4n) is 0.501. The average molecular weight is 108 g/mol. The predicted octanol–water partition coefficient (Wildman–Crippen LogP) is 2.04. The zero-order valence-electron chi connectivity index (χ0n) is 4.26. The van der Waals surface area contributed by atoms with Crippen molar-refractivity contribution in [1.82, 2.24) is 0 Å². The molecule has 0 aromatic heterocycles. The standard InChI is InChI=1S/C7H5F/c8-6-7-4-2-1-3-5-7/h1-5H. The van der Waals surface area contributed by atoms with Gasteiger partial charge in [-0.15, -0.1) is 0 Å². The SMILES string of the molecule is F[C]c1ccccc1. The molecule has 0 spiro atoms. The summed E-state index contributed by atoms with van der Waals surface area (Å²) in [7, 11) is 0. The summed E-state index contributed by atoms with van der Waals surface area (Å²) in [6, 6.07) is 8.67. The summed E-state index contributed by atoms with van der Waals surface area (Å²) in [5.41, 5.74) is 0.493. The zero-order chi connectivity index (χ0) is 5.82. The second kappa shape index (κ2) is 2.46. The second-order valence-electron chi connectivity index (χ2n) is 1.46. The summed E-state index contributed by atoms with van der Waals surface area (Å²) in [6.07, 6.45) is 0. The quantitative estimate of drug-likeness (QED) is 0.516. The molecule has 40 valence electrons. The summed E-state index contributed by atoms with van der Waals surface area (Å²) in [5.74, 6) is 0.